The van der Waals surface area contributed by atoms with E-state index in [1.54, 1.807) is 0 Å². The summed E-state index contributed by atoms with van der Waals surface area (Å²) < 4.78 is 5.14. The van der Waals surface area contributed by atoms with E-state index in [0.717, 1.165) is 19.8 Å². The van der Waals surface area contributed by atoms with Gasteiger partial charge in [-0.05, 0) is 25.5 Å². The van der Waals surface area contributed by atoms with E-state index < -0.39 is 0 Å². The average Bonchev–Trinajstić information content (AvgIpc) is 2.61. The molecule has 2 heterocycles. The molecule has 0 spiro atoms. The zero-order valence-corrected chi connectivity index (χ0v) is 10.1. The molecule has 0 bridgehead atoms. The summed E-state index contributed by atoms with van der Waals surface area (Å²) in [6.07, 6.45) is 0. The van der Waals surface area contributed by atoms with E-state index in [0.29, 0.717) is 12.1 Å². The molecule has 0 aliphatic carbocycles. The Morgan fingerprint density at radius 1 is 1.60 bits per heavy atom. The SMILES string of the molecule is CN(C)C(CNC1COC1)c1cccs1. The summed E-state index contributed by atoms with van der Waals surface area (Å²) in [5.41, 5.74) is 0. The molecule has 1 aromatic heterocycles. The maximum absolute atomic E-state index is 5.14. The fourth-order valence-electron chi connectivity index (χ4n) is 1.65. The molecule has 0 aromatic carbocycles. The highest BCUT2D eigenvalue weighted by Crippen LogP contribution is 2.22. The molecule has 1 saturated heterocycles. The average molecular weight is 226 g/mol. The Morgan fingerprint density at radius 3 is 2.87 bits per heavy atom. The first kappa shape index (κ1) is 11.1. The van der Waals surface area contributed by atoms with Gasteiger partial charge in [0.2, 0.25) is 0 Å². The normalized spacial score (nSPS) is 19.1. The van der Waals surface area contributed by atoms with Crippen LogP contribution in [0.15, 0.2) is 17.5 Å². The van der Waals surface area contributed by atoms with Crippen LogP contribution in [-0.4, -0.2) is 44.8 Å². The fourth-order valence-corrected chi connectivity index (χ4v) is 2.57. The predicted octanol–water partition coefficient (Wildman–Crippen LogP) is 1.34. The van der Waals surface area contributed by atoms with Crippen molar-refractivity contribution < 1.29 is 4.74 Å². The van der Waals surface area contributed by atoms with Gasteiger partial charge < -0.3 is 15.0 Å². The Hall–Kier alpha value is -0.420. The van der Waals surface area contributed by atoms with Gasteiger partial charge in [-0.3, -0.25) is 0 Å². The van der Waals surface area contributed by atoms with Crippen molar-refractivity contribution in [2.75, 3.05) is 33.9 Å². The molecule has 1 unspecified atom stereocenters. The fraction of sp³-hybridized carbons (Fsp3) is 0.636. The molecular formula is C11H18N2OS. The first-order chi connectivity index (χ1) is 7.27. The van der Waals surface area contributed by atoms with Crippen molar-refractivity contribution >= 4 is 11.3 Å². The van der Waals surface area contributed by atoms with Crippen LogP contribution in [0.2, 0.25) is 0 Å². The second kappa shape index (κ2) is 5.07. The minimum Gasteiger partial charge on any atom is -0.378 e. The summed E-state index contributed by atoms with van der Waals surface area (Å²) in [5.74, 6) is 0. The summed E-state index contributed by atoms with van der Waals surface area (Å²) in [6, 6.07) is 5.36. The highest BCUT2D eigenvalue weighted by Gasteiger charge is 2.21. The quantitative estimate of drug-likeness (QED) is 0.820. The Labute approximate surface area is 95.0 Å². The lowest BCUT2D eigenvalue weighted by molar-refractivity contribution is -0.00712. The lowest BCUT2D eigenvalue weighted by atomic mass is 10.2. The number of likely N-dealkylation sites (N-methyl/N-ethyl adjacent to an activating group) is 1. The lowest BCUT2D eigenvalue weighted by Crippen LogP contribution is -2.48. The van der Waals surface area contributed by atoms with Crippen molar-refractivity contribution in [2.24, 2.45) is 0 Å². The third kappa shape index (κ3) is 2.78. The van der Waals surface area contributed by atoms with Gasteiger partial charge in [-0.1, -0.05) is 6.07 Å². The van der Waals surface area contributed by atoms with Crippen LogP contribution in [0, 0.1) is 0 Å². The van der Waals surface area contributed by atoms with E-state index in [-0.39, 0.29) is 0 Å². The van der Waals surface area contributed by atoms with Gasteiger partial charge in [0.05, 0.1) is 25.3 Å². The number of nitrogens with zero attached hydrogens (tertiary/aromatic N) is 1. The molecule has 0 saturated carbocycles. The van der Waals surface area contributed by atoms with Crippen molar-refractivity contribution in [3.05, 3.63) is 22.4 Å². The van der Waals surface area contributed by atoms with E-state index >= 15 is 0 Å². The standard InChI is InChI=1S/C11H18N2OS/c1-13(2)10(11-4-3-5-15-11)6-12-9-7-14-8-9/h3-5,9-10,12H,6-8H2,1-2H3. The van der Waals surface area contributed by atoms with Gasteiger partial charge in [0.1, 0.15) is 0 Å². The van der Waals surface area contributed by atoms with Crippen LogP contribution in [-0.2, 0) is 4.74 Å². The van der Waals surface area contributed by atoms with Crippen molar-refractivity contribution in [1.82, 2.24) is 10.2 Å². The predicted molar refractivity (Wildman–Crippen MR) is 63.4 cm³/mol. The molecule has 1 aliphatic rings. The number of hydrogen-bond acceptors (Lipinski definition) is 4. The number of nitrogens with one attached hydrogen (secondary N) is 1. The van der Waals surface area contributed by atoms with Crippen molar-refractivity contribution in [1.29, 1.82) is 0 Å². The Morgan fingerprint density at radius 2 is 2.40 bits per heavy atom. The molecule has 15 heavy (non-hydrogen) atoms. The topological polar surface area (TPSA) is 24.5 Å². The minimum absolute atomic E-state index is 0.477. The molecule has 1 aromatic rings. The van der Waals surface area contributed by atoms with E-state index in [1.807, 2.05) is 11.3 Å². The number of rotatable bonds is 5. The second-order valence-electron chi connectivity index (χ2n) is 4.14. The summed E-state index contributed by atoms with van der Waals surface area (Å²) in [4.78, 5) is 3.69. The summed E-state index contributed by atoms with van der Waals surface area (Å²) >= 11 is 1.82. The van der Waals surface area contributed by atoms with Gasteiger partial charge in [0, 0.05) is 11.4 Å². The summed E-state index contributed by atoms with van der Waals surface area (Å²) in [5, 5.41) is 5.67. The van der Waals surface area contributed by atoms with Gasteiger partial charge in [-0.15, -0.1) is 11.3 Å². The van der Waals surface area contributed by atoms with Crippen molar-refractivity contribution in [3.8, 4) is 0 Å². The van der Waals surface area contributed by atoms with Gasteiger partial charge in [0.25, 0.3) is 0 Å². The van der Waals surface area contributed by atoms with Gasteiger partial charge in [-0.2, -0.15) is 0 Å². The van der Waals surface area contributed by atoms with Crippen LogP contribution in [0.3, 0.4) is 0 Å². The molecule has 1 fully saturated rings. The van der Waals surface area contributed by atoms with E-state index in [4.69, 9.17) is 4.74 Å². The number of thiophene rings is 1. The molecule has 0 radical (unpaired) electrons. The maximum atomic E-state index is 5.14. The number of ether oxygens (including phenoxy) is 1. The lowest BCUT2D eigenvalue weighted by Gasteiger charge is -2.31. The van der Waals surface area contributed by atoms with Crippen LogP contribution in [0.1, 0.15) is 10.9 Å². The third-order valence-electron chi connectivity index (χ3n) is 2.73. The molecule has 1 N–H and O–H groups in total. The molecule has 4 heteroatoms. The van der Waals surface area contributed by atoms with Gasteiger partial charge in [0.15, 0.2) is 0 Å². The van der Waals surface area contributed by atoms with Crippen molar-refractivity contribution in [2.45, 2.75) is 12.1 Å². The molecule has 2 rings (SSSR count). The van der Waals surface area contributed by atoms with Gasteiger partial charge in [-0.25, -0.2) is 0 Å². The second-order valence-corrected chi connectivity index (χ2v) is 5.12. The third-order valence-corrected chi connectivity index (χ3v) is 3.71. The smallest absolute Gasteiger partial charge is 0.0643 e. The first-order valence-electron chi connectivity index (χ1n) is 5.28. The first-order valence-corrected chi connectivity index (χ1v) is 6.16. The summed E-state index contributed by atoms with van der Waals surface area (Å²) in [7, 11) is 4.26. The van der Waals surface area contributed by atoms with Crippen LogP contribution >= 0.6 is 11.3 Å². The number of hydrogen-bond donors (Lipinski definition) is 1. The Kier molecular flexibility index (Phi) is 3.75. The monoisotopic (exact) mass is 226 g/mol. The van der Waals surface area contributed by atoms with Crippen LogP contribution in [0.5, 0.6) is 0 Å². The van der Waals surface area contributed by atoms with Crippen LogP contribution in [0.4, 0.5) is 0 Å². The minimum atomic E-state index is 0.477. The molecular weight excluding hydrogens is 208 g/mol. The molecule has 0 amide bonds. The zero-order chi connectivity index (χ0) is 10.7. The van der Waals surface area contributed by atoms with E-state index in [9.17, 15) is 0 Å². The highest BCUT2D eigenvalue weighted by atomic mass is 32.1. The molecule has 84 valence electrons. The summed E-state index contributed by atoms with van der Waals surface area (Å²) in [6.45, 7) is 2.73. The highest BCUT2D eigenvalue weighted by molar-refractivity contribution is 7.10. The molecule has 1 aliphatic heterocycles. The van der Waals surface area contributed by atoms with E-state index in [2.05, 4.69) is 41.8 Å². The van der Waals surface area contributed by atoms with Crippen LogP contribution < -0.4 is 5.32 Å². The molecule has 1 atom stereocenters. The Bertz CT molecular complexity index is 283. The molecule has 3 nitrogen and oxygen atoms in total. The van der Waals surface area contributed by atoms with Crippen molar-refractivity contribution in [3.63, 3.8) is 0 Å². The zero-order valence-electron chi connectivity index (χ0n) is 9.27. The largest absolute Gasteiger partial charge is 0.378 e. The maximum Gasteiger partial charge on any atom is 0.0643 e. The van der Waals surface area contributed by atoms with Crippen LogP contribution in [0.25, 0.3) is 0 Å². The van der Waals surface area contributed by atoms with Gasteiger partial charge >= 0.3 is 0 Å². The Balaban J connectivity index is 1.88. The van der Waals surface area contributed by atoms with E-state index in [1.165, 1.54) is 4.88 Å².